The number of fused-ring (bicyclic) bond motifs is 1. The third kappa shape index (κ3) is 4.53. The van der Waals surface area contributed by atoms with E-state index in [1.807, 2.05) is 48.5 Å². The summed E-state index contributed by atoms with van der Waals surface area (Å²) in [5.74, 6) is 0.351. The van der Waals surface area contributed by atoms with E-state index in [0.29, 0.717) is 17.7 Å². The van der Waals surface area contributed by atoms with Crippen LogP contribution in [0.15, 0.2) is 91.0 Å². The van der Waals surface area contributed by atoms with Crippen molar-refractivity contribution < 1.29 is 15.0 Å². The molecule has 0 aliphatic rings. The van der Waals surface area contributed by atoms with Crippen LogP contribution in [0.5, 0.6) is 5.75 Å². The molecule has 35 heavy (non-hydrogen) atoms. The van der Waals surface area contributed by atoms with Gasteiger partial charge >= 0.3 is 5.97 Å². The lowest BCUT2D eigenvalue weighted by Gasteiger charge is -2.12. The number of aryl methyl sites for hydroxylation is 1. The highest BCUT2D eigenvalue weighted by Gasteiger charge is 2.14. The number of carboxylic acids is 1. The van der Waals surface area contributed by atoms with Gasteiger partial charge in [-0.25, -0.2) is 9.78 Å². The van der Waals surface area contributed by atoms with Gasteiger partial charge in [0, 0.05) is 13.0 Å². The summed E-state index contributed by atoms with van der Waals surface area (Å²) in [5, 5.41) is 19.4. The van der Waals surface area contributed by atoms with Gasteiger partial charge in [0.1, 0.15) is 11.6 Å². The molecule has 5 heteroatoms. The van der Waals surface area contributed by atoms with Crippen LogP contribution < -0.4 is 0 Å². The lowest BCUT2D eigenvalue weighted by atomic mass is 9.98. The number of imidazole rings is 1. The molecule has 0 aliphatic heterocycles. The fraction of sp³-hybridized carbons (Fsp3) is 0.133. The molecule has 2 N–H and O–H groups in total. The average Bonchev–Trinajstić information content (AvgIpc) is 3.21. The van der Waals surface area contributed by atoms with Crippen LogP contribution in [-0.2, 0) is 13.0 Å². The Morgan fingerprint density at radius 3 is 2.34 bits per heavy atom. The molecule has 0 unspecified atom stereocenters. The SMILES string of the molecule is CCCc1nc2ccc(-c3cccc(O)c3)cc2n1Cc1ccc(-c2ccccc2C(=O)O)cc1. The second kappa shape index (κ2) is 9.47. The highest BCUT2D eigenvalue weighted by atomic mass is 16.4. The molecule has 174 valence electrons. The van der Waals surface area contributed by atoms with E-state index in [1.54, 1.807) is 24.3 Å². The molecular formula is C30H26N2O3. The summed E-state index contributed by atoms with van der Waals surface area (Å²) in [6.45, 7) is 2.81. The number of aromatic hydroxyl groups is 1. The third-order valence-electron chi connectivity index (χ3n) is 6.24. The van der Waals surface area contributed by atoms with E-state index in [2.05, 4.69) is 29.7 Å². The number of phenolic OH excluding ortho intramolecular Hbond substituents is 1. The van der Waals surface area contributed by atoms with Crippen LogP contribution in [0, 0.1) is 0 Å². The van der Waals surface area contributed by atoms with Crippen LogP contribution >= 0.6 is 0 Å². The summed E-state index contributed by atoms with van der Waals surface area (Å²) in [7, 11) is 0. The average molecular weight is 463 g/mol. The van der Waals surface area contributed by atoms with E-state index in [4.69, 9.17) is 4.98 Å². The van der Waals surface area contributed by atoms with Crippen LogP contribution in [0.1, 0.15) is 35.1 Å². The van der Waals surface area contributed by atoms with E-state index in [9.17, 15) is 15.0 Å². The molecule has 5 nitrogen and oxygen atoms in total. The molecule has 0 aliphatic carbocycles. The van der Waals surface area contributed by atoms with Gasteiger partial charge in [0.25, 0.3) is 0 Å². The maximum absolute atomic E-state index is 11.6. The van der Waals surface area contributed by atoms with E-state index in [0.717, 1.165) is 52.0 Å². The first-order chi connectivity index (χ1) is 17.0. The number of carboxylic acid groups (broad SMARTS) is 1. The summed E-state index contributed by atoms with van der Waals surface area (Å²) in [6.07, 6.45) is 1.87. The first-order valence-corrected chi connectivity index (χ1v) is 11.7. The number of phenols is 1. The van der Waals surface area contributed by atoms with Gasteiger partial charge in [-0.15, -0.1) is 0 Å². The van der Waals surface area contributed by atoms with Crippen molar-refractivity contribution in [3.63, 3.8) is 0 Å². The predicted molar refractivity (Wildman–Crippen MR) is 139 cm³/mol. The summed E-state index contributed by atoms with van der Waals surface area (Å²) in [5.41, 5.74) is 6.98. The maximum atomic E-state index is 11.6. The van der Waals surface area contributed by atoms with Crippen LogP contribution in [0.25, 0.3) is 33.3 Å². The number of carbonyl (C=O) groups is 1. The van der Waals surface area contributed by atoms with Gasteiger partial charge < -0.3 is 14.8 Å². The van der Waals surface area contributed by atoms with Crippen LogP contribution in [0.2, 0.25) is 0 Å². The third-order valence-corrected chi connectivity index (χ3v) is 6.24. The lowest BCUT2D eigenvalue weighted by molar-refractivity contribution is 0.0697. The van der Waals surface area contributed by atoms with Crippen molar-refractivity contribution in [2.24, 2.45) is 0 Å². The topological polar surface area (TPSA) is 75.4 Å². The zero-order valence-corrected chi connectivity index (χ0v) is 19.5. The summed E-state index contributed by atoms with van der Waals surface area (Å²) in [4.78, 5) is 16.5. The van der Waals surface area contributed by atoms with Crippen molar-refractivity contribution in [3.05, 3.63) is 108 Å². The minimum atomic E-state index is -0.929. The standard InChI is InChI=1S/C30H26N2O3/c1-2-6-29-31-27-16-15-23(22-7-5-8-24(33)17-22)18-28(27)32(29)19-20-11-13-21(14-12-20)25-9-3-4-10-26(25)30(34)35/h3-5,7-18,33H,2,6,19H2,1H3,(H,34,35). The Kier molecular flexibility index (Phi) is 6.06. The molecule has 0 amide bonds. The highest BCUT2D eigenvalue weighted by molar-refractivity contribution is 5.96. The molecule has 4 aromatic carbocycles. The number of nitrogens with zero attached hydrogens (tertiary/aromatic N) is 2. The molecule has 1 heterocycles. The largest absolute Gasteiger partial charge is 0.508 e. The second-order valence-electron chi connectivity index (χ2n) is 8.67. The quantitative estimate of drug-likeness (QED) is 0.280. The smallest absolute Gasteiger partial charge is 0.336 e. The molecule has 0 spiro atoms. The van der Waals surface area contributed by atoms with E-state index < -0.39 is 5.97 Å². The van der Waals surface area contributed by atoms with Gasteiger partial charge in [-0.3, -0.25) is 0 Å². The number of hydrogen-bond donors (Lipinski definition) is 2. The van der Waals surface area contributed by atoms with Crippen molar-refractivity contribution in [2.75, 3.05) is 0 Å². The zero-order chi connectivity index (χ0) is 24.4. The highest BCUT2D eigenvalue weighted by Crippen LogP contribution is 2.29. The molecule has 0 saturated heterocycles. The fourth-order valence-electron chi connectivity index (χ4n) is 4.52. The molecule has 1 aromatic heterocycles. The number of aromatic carboxylic acids is 1. The van der Waals surface area contributed by atoms with Gasteiger partial charge in [-0.2, -0.15) is 0 Å². The molecule has 0 bridgehead atoms. The predicted octanol–water partition coefficient (Wildman–Crippen LogP) is 6.77. The van der Waals surface area contributed by atoms with Crippen LogP contribution in [-0.4, -0.2) is 25.7 Å². The minimum absolute atomic E-state index is 0.243. The molecular weight excluding hydrogens is 436 g/mol. The van der Waals surface area contributed by atoms with Crippen molar-refractivity contribution in [1.29, 1.82) is 0 Å². The van der Waals surface area contributed by atoms with Gasteiger partial charge in [-0.05, 0) is 64.6 Å². The Labute approximate surface area is 203 Å². The van der Waals surface area contributed by atoms with Crippen molar-refractivity contribution in [3.8, 4) is 28.0 Å². The number of benzene rings is 4. The van der Waals surface area contributed by atoms with Gasteiger partial charge in [0.2, 0.25) is 0 Å². The van der Waals surface area contributed by atoms with E-state index in [-0.39, 0.29) is 5.75 Å². The fourth-order valence-corrected chi connectivity index (χ4v) is 4.52. The Morgan fingerprint density at radius 1 is 0.857 bits per heavy atom. The van der Waals surface area contributed by atoms with Gasteiger partial charge in [0.05, 0.1) is 16.6 Å². The Morgan fingerprint density at radius 2 is 1.60 bits per heavy atom. The Bertz CT molecular complexity index is 1520. The van der Waals surface area contributed by atoms with E-state index >= 15 is 0 Å². The summed E-state index contributed by atoms with van der Waals surface area (Å²) < 4.78 is 2.26. The molecule has 0 radical (unpaired) electrons. The van der Waals surface area contributed by atoms with Crippen molar-refractivity contribution in [2.45, 2.75) is 26.3 Å². The van der Waals surface area contributed by atoms with Crippen molar-refractivity contribution in [1.82, 2.24) is 9.55 Å². The number of rotatable bonds is 7. The van der Waals surface area contributed by atoms with Crippen LogP contribution in [0.3, 0.4) is 0 Å². The first kappa shape index (κ1) is 22.4. The minimum Gasteiger partial charge on any atom is -0.508 e. The van der Waals surface area contributed by atoms with Crippen LogP contribution in [0.4, 0.5) is 0 Å². The van der Waals surface area contributed by atoms with E-state index in [1.165, 1.54) is 0 Å². The van der Waals surface area contributed by atoms with Gasteiger partial charge in [0.15, 0.2) is 0 Å². The Hall–Kier alpha value is -4.38. The molecule has 5 rings (SSSR count). The van der Waals surface area contributed by atoms with Gasteiger partial charge in [-0.1, -0.05) is 67.6 Å². The number of hydrogen-bond acceptors (Lipinski definition) is 3. The Balaban J connectivity index is 1.52. The lowest BCUT2D eigenvalue weighted by Crippen LogP contribution is -2.05. The van der Waals surface area contributed by atoms with Crippen molar-refractivity contribution >= 4 is 17.0 Å². The zero-order valence-electron chi connectivity index (χ0n) is 19.5. The second-order valence-corrected chi connectivity index (χ2v) is 8.67. The number of aromatic nitrogens is 2. The molecule has 0 atom stereocenters. The monoisotopic (exact) mass is 462 g/mol. The summed E-state index contributed by atoms with van der Waals surface area (Å²) >= 11 is 0. The normalized spacial score (nSPS) is 11.1. The molecule has 5 aromatic rings. The first-order valence-electron chi connectivity index (χ1n) is 11.7. The summed E-state index contributed by atoms with van der Waals surface area (Å²) in [6, 6.07) is 28.6. The molecule has 0 saturated carbocycles. The molecule has 0 fully saturated rings. The maximum Gasteiger partial charge on any atom is 0.336 e.